The number of fused-ring (bicyclic) bond motifs is 8. The van der Waals surface area contributed by atoms with Gasteiger partial charge in [-0.3, -0.25) is 0 Å². The van der Waals surface area contributed by atoms with Crippen LogP contribution in [0.5, 0.6) is 0 Å². The van der Waals surface area contributed by atoms with Crippen LogP contribution in [0.25, 0.3) is 54.6 Å². The van der Waals surface area contributed by atoms with Crippen LogP contribution in [0.4, 0.5) is 17.1 Å². The zero-order valence-electron chi connectivity index (χ0n) is 26.0. The van der Waals surface area contributed by atoms with Crippen molar-refractivity contribution in [1.82, 2.24) is 0 Å². The Hall–Kier alpha value is -5.66. The fourth-order valence-electron chi connectivity index (χ4n) is 7.69. The average molecular weight is 588 g/mol. The molecule has 0 atom stereocenters. The molecule has 9 rings (SSSR count). The molecule has 0 unspecified atom stereocenters. The van der Waals surface area contributed by atoms with E-state index in [0.717, 1.165) is 17.1 Å². The highest BCUT2D eigenvalue weighted by molar-refractivity contribution is 6.21. The summed E-state index contributed by atoms with van der Waals surface area (Å²) in [6.07, 6.45) is 0. The number of benzene rings is 8. The topological polar surface area (TPSA) is 3.24 Å². The third-order valence-electron chi connectivity index (χ3n) is 9.98. The molecule has 1 nitrogen and oxygen atoms in total. The molecule has 218 valence electrons. The van der Waals surface area contributed by atoms with Gasteiger partial charge in [-0.1, -0.05) is 123 Å². The Balaban J connectivity index is 1.19. The van der Waals surface area contributed by atoms with E-state index < -0.39 is 0 Å². The molecule has 0 bridgehead atoms. The third kappa shape index (κ3) is 4.09. The summed E-state index contributed by atoms with van der Waals surface area (Å²) >= 11 is 0. The van der Waals surface area contributed by atoms with E-state index in [1.54, 1.807) is 0 Å². The SMILES string of the molecule is CC1(C)c2ccccc2-c2cc3ccc4ccc5cc(-c6cccc(N(c7ccccc7)c7ccccc7)c6)ccc5c4c3cc21. The second-order valence-electron chi connectivity index (χ2n) is 13.0. The normalized spacial score (nSPS) is 13.2. The van der Waals surface area contributed by atoms with Gasteiger partial charge >= 0.3 is 0 Å². The number of anilines is 3. The minimum atomic E-state index is -0.0293. The molecule has 0 radical (unpaired) electrons. The van der Waals surface area contributed by atoms with Crippen LogP contribution in [-0.2, 0) is 5.41 Å². The lowest BCUT2D eigenvalue weighted by Gasteiger charge is -2.26. The van der Waals surface area contributed by atoms with Crippen molar-refractivity contribution in [2.24, 2.45) is 0 Å². The molecule has 0 amide bonds. The zero-order chi connectivity index (χ0) is 30.8. The lowest BCUT2D eigenvalue weighted by molar-refractivity contribution is 0.661. The Morgan fingerprint density at radius 2 is 1.00 bits per heavy atom. The first-order valence-corrected chi connectivity index (χ1v) is 16.1. The van der Waals surface area contributed by atoms with Crippen LogP contribution < -0.4 is 4.90 Å². The van der Waals surface area contributed by atoms with Crippen molar-refractivity contribution >= 4 is 49.4 Å². The van der Waals surface area contributed by atoms with Gasteiger partial charge in [-0.15, -0.1) is 0 Å². The minimum Gasteiger partial charge on any atom is -0.310 e. The molecule has 0 spiro atoms. The molecule has 1 aliphatic carbocycles. The molecule has 0 saturated heterocycles. The molecule has 0 N–H and O–H groups in total. The highest BCUT2D eigenvalue weighted by atomic mass is 15.1. The summed E-state index contributed by atoms with van der Waals surface area (Å²) in [5.74, 6) is 0. The van der Waals surface area contributed by atoms with Gasteiger partial charge in [0.25, 0.3) is 0 Å². The summed E-state index contributed by atoms with van der Waals surface area (Å²) in [6, 6.07) is 60.0. The molecular formula is C45H33N. The Morgan fingerprint density at radius 3 is 1.74 bits per heavy atom. The molecule has 8 aromatic rings. The lowest BCUT2D eigenvalue weighted by Crippen LogP contribution is -2.14. The molecule has 8 aromatic carbocycles. The maximum Gasteiger partial charge on any atom is 0.0467 e. The van der Waals surface area contributed by atoms with Crippen molar-refractivity contribution in [3.05, 3.63) is 175 Å². The summed E-state index contributed by atoms with van der Waals surface area (Å²) < 4.78 is 0. The number of hydrogen-bond donors (Lipinski definition) is 0. The van der Waals surface area contributed by atoms with Gasteiger partial charge in [-0.05, 0) is 120 Å². The Morgan fingerprint density at radius 1 is 0.391 bits per heavy atom. The van der Waals surface area contributed by atoms with Gasteiger partial charge in [0.1, 0.15) is 0 Å². The van der Waals surface area contributed by atoms with Crippen molar-refractivity contribution in [3.8, 4) is 22.3 Å². The van der Waals surface area contributed by atoms with Crippen molar-refractivity contribution in [3.63, 3.8) is 0 Å². The first-order valence-electron chi connectivity index (χ1n) is 16.1. The standard InChI is InChI=1S/C45H33N/c1-45(2)42-19-10-9-18-39(42)41-28-34-23-21-30-20-22-33-26-32(24-25-38(33)44(30)40(34)29-43(41)45)31-12-11-17-37(27-31)46(35-13-5-3-6-14-35)36-15-7-4-8-16-36/h3-29H,1-2H3. The molecule has 1 heteroatoms. The molecule has 0 aromatic heterocycles. The maximum atomic E-state index is 2.48. The summed E-state index contributed by atoms with van der Waals surface area (Å²) in [4.78, 5) is 2.32. The van der Waals surface area contributed by atoms with Crippen LogP contribution in [0.1, 0.15) is 25.0 Å². The monoisotopic (exact) mass is 587 g/mol. The molecule has 46 heavy (non-hydrogen) atoms. The van der Waals surface area contributed by atoms with Gasteiger partial charge in [-0.2, -0.15) is 0 Å². The van der Waals surface area contributed by atoms with Crippen molar-refractivity contribution < 1.29 is 0 Å². The first-order chi connectivity index (χ1) is 22.6. The number of rotatable bonds is 4. The van der Waals surface area contributed by atoms with E-state index in [-0.39, 0.29) is 5.41 Å². The van der Waals surface area contributed by atoms with E-state index in [0.29, 0.717) is 0 Å². The number of nitrogens with zero attached hydrogens (tertiary/aromatic N) is 1. The predicted octanol–water partition coefficient (Wildman–Crippen LogP) is 12.6. The predicted molar refractivity (Wildman–Crippen MR) is 197 cm³/mol. The van der Waals surface area contributed by atoms with Crippen LogP contribution >= 0.6 is 0 Å². The Kier molecular flexibility index (Phi) is 5.92. The van der Waals surface area contributed by atoms with Gasteiger partial charge in [0.2, 0.25) is 0 Å². The lowest BCUT2D eigenvalue weighted by atomic mass is 9.81. The van der Waals surface area contributed by atoms with E-state index in [1.807, 2.05) is 0 Å². The van der Waals surface area contributed by atoms with Gasteiger partial charge in [0, 0.05) is 22.5 Å². The Bertz CT molecular complexity index is 2400. The summed E-state index contributed by atoms with van der Waals surface area (Å²) in [7, 11) is 0. The van der Waals surface area contributed by atoms with E-state index in [9.17, 15) is 0 Å². The summed E-state index contributed by atoms with van der Waals surface area (Å²) in [6.45, 7) is 4.73. The molecule has 0 aliphatic heterocycles. The number of hydrogen-bond acceptors (Lipinski definition) is 1. The van der Waals surface area contributed by atoms with Crippen molar-refractivity contribution in [2.75, 3.05) is 4.90 Å². The fourth-order valence-corrected chi connectivity index (χ4v) is 7.69. The smallest absolute Gasteiger partial charge is 0.0467 e. The van der Waals surface area contributed by atoms with Gasteiger partial charge < -0.3 is 4.90 Å². The van der Waals surface area contributed by atoms with Crippen LogP contribution in [-0.4, -0.2) is 0 Å². The van der Waals surface area contributed by atoms with Gasteiger partial charge in [-0.25, -0.2) is 0 Å². The summed E-state index contributed by atoms with van der Waals surface area (Å²) in [5, 5.41) is 7.80. The fraction of sp³-hybridized carbons (Fsp3) is 0.0667. The minimum absolute atomic E-state index is 0.0293. The second kappa shape index (κ2) is 10.2. The number of para-hydroxylation sites is 2. The molecular weight excluding hydrogens is 555 g/mol. The largest absolute Gasteiger partial charge is 0.310 e. The van der Waals surface area contributed by atoms with Crippen LogP contribution in [0.3, 0.4) is 0 Å². The third-order valence-corrected chi connectivity index (χ3v) is 9.98. The van der Waals surface area contributed by atoms with Crippen molar-refractivity contribution in [2.45, 2.75) is 19.3 Å². The van der Waals surface area contributed by atoms with Crippen LogP contribution in [0, 0.1) is 0 Å². The van der Waals surface area contributed by atoms with E-state index in [2.05, 4.69) is 183 Å². The molecule has 0 heterocycles. The van der Waals surface area contributed by atoms with E-state index >= 15 is 0 Å². The van der Waals surface area contributed by atoms with Crippen molar-refractivity contribution in [1.29, 1.82) is 0 Å². The summed E-state index contributed by atoms with van der Waals surface area (Å²) in [5.41, 5.74) is 11.4. The molecule has 1 aliphatic rings. The Labute approximate surface area is 270 Å². The molecule has 0 fully saturated rings. The highest BCUT2D eigenvalue weighted by Gasteiger charge is 2.35. The van der Waals surface area contributed by atoms with E-state index in [4.69, 9.17) is 0 Å². The average Bonchev–Trinajstić information content (AvgIpc) is 3.33. The van der Waals surface area contributed by atoms with E-state index in [1.165, 1.54) is 65.7 Å². The van der Waals surface area contributed by atoms with Gasteiger partial charge in [0.15, 0.2) is 0 Å². The first kappa shape index (κ1) is 26.7. The zero-order valence-corrected chi connectivity index (χ0v) is 26.0. The van der Waals surface area contributed by atoms with Crippen LogP contribution in [0.2, 0.25) is 0 Å². The quantitative estimate of drug-likeness (QED) is 0.185. The van der Waals surface area contributed by atoms with Gasteiger partial charge in [0.05, 0.1) is 0 Å². The highest BCUT2D eigenvalue weighted by Crippen LogP contribution is 2.50. The maximum absolute atomic E-state index is 2.48. The molecule has 0 saturated carbocycles. The van der Waals surface area contributed by atoms with Crippen LogP contribution in [0.15, 0.2) is 164 Å². The second-order valence-corrected chi connectivity index (χ2v) is 13.0.